The number of carbonyl (C=O) groups excluding carboxylic acids is 1. The highest BCUT2D eigenvalue weighted by Crippen LogP contribution is 2.38. The normalized spacial score (nSPS) is 11.0. The van der Waals surface area contributed by atoms with E-state index in [0.717, 1.165) is 0 Å². The second-order valence-corrected chi connectivity index (χ2v) is 7.67. The molecule has 0 aromatic heterocycles. The van der Waals surface area contributed by atoms with Gasteiger partial charge in [-0.3, -0.25) is 0 Å². The lowest BCUT2D eigenvalue weighted by atomic mass is 10.3. The molecular weight excluding hydrogens is 321 g/mol. The first-order valence-corrected chi connectivity index (χ1v) is 7.81. The third-order valence-electron chi connectivity index (χ3n) is 1.54. The summed E-state index contributed by atoms with van der Waals surface area (Å²) >= 11 is 15.2. The van der Waals surface area contributed by atoms with Crippen molar-refractivity contribution in [2.75, 3.05) is 12.5 Å². The molecule has 0 bridgehead atoms. The van der Waals surface area contributed by atoms with Crippen LogP contribution in [0.1, 0.15) is 0 Å². The number of hydrogen-bond donors (Lipinski definition) is 0. The van der Waals surface area contributed by atoms with E-state index in [1.165, 1.54) is 0 Å². The summed E-state index contributed by atoms with van der Waals surface area (Å²) < 4.78 is 4.94. The predicted octanol–water partition coefficient (Wildman–Crippen LogP) is 4.05. The molecule has 2 nitrogen and oxygen atoms in total. The van der Waals surface area contributed by atoms with Crippen molar-refractivity contribution in [2.45, 2.75) is 0 Å². The Hall–Kier alpha value is 0.01000. The molecule has 0 fully saturated rings. The van der Waals surface area contributed by atoms with Gasteiger partial charge in [0.25, 0.3) is 0 Å². The van der Waals surface area contributed by atoms with E-state index in [0.29, 0.717) is 20.2 Å². The van der Waals surface area contributed by atoms with E-state index in [2.05, 4.69) is 20.3 Å². The lowest BCUT2D eigenvalue weighted by molar-refractivity contribution is 0.571. The monoisotopic (exact) mass is 327 g/mol. The molecule has 0 heterocycles. The molecule has 1 aromatic carbocycles. The Morgan fingerprint density at radius 1 is 1.40 bits per heavy atom. The summed E-state index contributed by atoms with van der Waals surface area (Å²) in [7, 11) is -1.80. The molecule has 0 saturated carbocycles. The van der Waals surface area contributed by atoms with Crippen LogP contribution >= 0.6 is 39.1 Å². The fraction of sp³-hybridized carbons (Fsp3) is 0.222. The minimum atomic E-state index is -1.80. The minimum absolute atomic E-state index is 0.415. The first kappa shape index (κ1) is 13.1. The highest BCUT2D eigenvalue weighted by atomic mass is 79.9. The Labute approximate surface area is 107 Å². The first-order chi connectivity index (χ1) is 6.87. The van der Waals surface area contributed by atoms with E-state index in [4.69, 9.17) is 23.2 Å². The molecule has 6 heteroatoms. The molecule has 1 rings (SSSR count). The molecule has 82 valence electrons. The lowest BCUT2D eigenvalue weighted by Crippen LogP contribution is -1.91. The maximum Gasteiger partial charge on any atom is 0.166 e. The molecule has 0 atom stereocenters. The smallest absolute Gasteiger partial charge is 0.166 e. The summed E-state index contributed by atoms with van der Waals surface area (Å²) in [4.78, 5) is 10.7. The average molecular weight is 329 g/mol. The number of rotatable bonds is 1. The summed E-state index contributed by atoms with van der Waals surface area (Å²) in [6.07, 6.45) is 3.43. The van der Waals surface area contributed by atoms with Crippen LogP contribution in [0.4, 0.5) is 5.69 Å². The van der Waals surface area contributed by atoms with E-state index in [1.807, 2.05) is 5.23 Å². The zero-order valence-corrected chi connectivity index (χ0v) is 12.0. The first-order valence-electron chi connectivity index (χ1n) is 3.86. The molecule has 1 aromatic rings. The molecule has 0 radical (unpaired) electrons. The Kier molecular flexibility index (Phi) is 4.27. The second-order valence-electron chi connectivity index (χ2n) is 3.14. The molecule has 0 aliphatic heterocycles. The maximum absolute atomic E-state index is 10.7. The summed E-state index contributed by atoms with van der Waals surface area (Å²) in [6, 6.07) is 3.41. The van der Waals surface area contributed by atoms with Crippen LogP contribution in [0.3, 0.4) is 0 Å². The number of hydrogen-bond acceptors (Lipinski definition) is 2. The average Bonchev–Trinajstić information content (AvgIpc) is 2.19. The molecular formula is C9H8BrCl2NOS. The van der Waals surface area contributed by atoms with Crippen molar-refractivity contribution >= 4 is 59.5 Å². The van der Waals surface area contributed by atoms with Gasteiger partial charge in [-0.15, -0.1) is 0 Å². The molecule has 15 heavy (non-hydrogen) atoms. The minimum Gasteiger partial charge on any atom is -0.226 e. The SMILES string of the molecule is CS(C)(=C=O)=Nc1c(Cl)ccc(Br)c1Cl. The van der Waals surface area contributed by atoms with Gasteiger partial charge in [-0.05, 0) is 40.6 Å². The fourth-order valence-corrected chi connectivity index (χ4v) is 2.41. The Bertz CT molecular complexity index is 535. The topological polar surface area (TPSA) is 29.4 Å². The van der Waals surface area contributed by atoms with Crippen LogP contribution in [-0.2, 0) is 14.2 Å². The molecule has 0 saturated heterocycles. The molecule has 0 N–H and O–H groups in total. The second kappa shape index (κ2) is 4.89. The third kappa shape index (κ3) is 3.23. The van der Waals surface area contributed by atoms with Crippen LogP contribution in [0.5, 0.6) is 0 Å². The van der Waals surface area contributed by atoms with Gasteiger partial charge in [-0.2, -0.15) is 0 Å². The van der Waals surface area contributed by atoms with E-state index in [9.17, 15) is 4.79 Å². The van der Waals surface area contributed by atoms with Crippen LogP contribution in [-0.4, -0.2) is 17.7 Å². The highest BCUT2D eigenvalue weighted by molar-refractivity contribution is 9.10. The molecule has 0 aliphatic rings. The van der Waals surface area contributed by atoms with Crippen molar-refractivity contribution in [3.05, 3.63) is 26.7 Å². The predicted molar refractivity (Wildman–Crippen MR) is 71.2 cm³/mol. The van der Waals surface area contributed by atoms with E-state index >= 15 is 0 Å². The molecule has 0 unspecified atom stereocenters. The molecule has 0 amide bonds. The molecule has 0 spiro atoms. The number of nitrogens with zero attached hydrogens (tertiary/aromatic N) is 1. The lowest BCUT2D eigenvalue weighted by Gasteiger charge is -2.05. The van der Waals surface area contributed by atoms with Gasteiger partial charge in [-0.1, -0.05) is 32.6 Å². The van der Waals surface area contributed by atoms with Gasteiger partial charge in [0.2, 0.25) is 0 Å². The van der Waals surface area contributed by atoms with Crippen molar-refractivity contribution in [1.29, 1.82) is 0 Å². The van der Waals surface area contributed by atoms with Gasteiger partial charge < -0.3 is 0 Å². The van der Waals surface area contributed by atoms with Crippen LogP contribution in [0, 0.1) is 0 Å². The molecule has 0 aliphatic carbocycles. The zero-order chi connectivity index (χ0) is 11.6. The largest absolute Gasteiger partial charge is 0.226 e. The van der Waals surface area contributed by atoms with Crippen LogP contribution < -0.4 is 0 Å². The van der Waals surface area contributed by atoms with Crippen LogP contribution in [0.2, 0.25) is 10.0 Å². The number of halogens is 3. The van der Waals surface area contributed by atoms with E-state index in [1.54, 1.807) is 24.6 Å². The Morgan fingerprint density at radius 3 is 2.53 bits per heavy atom. The van der Waals surface area contributed by atoms with Crippen molar-refractivity contribution in [2.24, 2.45) is 4.36 Å². The fourth-order valence-electron chi connectivity index (χ4n) is 0.847. The van der Waals surface area contributed by atoms with Gasteiger partial charge in [0, 0.05) is 4.47 Å². The summed E-state index contributed by atoms with van der Waals surface area (Å²) in [5.74, 6) is 0. The van der Waals surface area contributed by atoms with Crippen molar-refractivity contribution in [3.8, 4) is 0 Å². The van der Waals surface area contributed by atoms with Gasteiger partial charge in [-0.25, -0.2) is 9.16 Å². The maximum atomic E-state index is 10.7. The van der Waals surface area contributed by atoms with Gasteiger partial charge >= 0.3 is 0 Å². The van der Waals surface area contributed by atoms with Crippen LogP contribution in [0.15, 0.2) is 21.0 Å². The van der Waals surface area contributed by atoms with Gasteiger partial charge in [0.15, 0.2) is 5.23 Å². The van der Waals surface area contributed by atoms with Crippen LogP contribution in [0.25, 0.3) is 0 Å². The third-order valence-corrected chi connectivity index (χ3v) is 4.17. The number of benzene rings is 1. The van der Waals surface area contributed by atoms with Crippen molar-refractivity contribution < 1.29 is 4.79 Å². The van der Waals surface area contributed by atoms with E-state index < -0.39 is 9.41 Å². The van der Waals surface area contributed by atoms with Gasteiger partial charge in [0.05, 0.1) is 10.0 Å². The standard InChI is InChI=1S/C9H8BrCl2NOS/c1-15(2,5-14)13-9-7(11)4-3-6(10)8(9)12/h3-4H,1-2H3. The van der Waals surface area contributed by atoms with Crippen molar-refractivity contribution in [3.63, 3.8) is 0 Å². The quantitative estimate of drug-likeness (QED) is 0.565. The van der Waals surface area contributed by atoms with E-state index in [-0.39, 0.29) is 0 Å². The summed E-state index contributed by atoms with van der Waals surface area (Å²) in [5, 5.41) is 2.74. The Morgan fingerprint density at radius 2 is 2.00 bits per heavy atom. The highest BCUT2D eigenvalue weighted by Gasteiger charge is 2.08. The van der Waals surface area contributed by atoms with Gasteiger partial charge in [0.1, 0.15) is 5.69 Å². The summed E-state index contributed by atoms with van der Waals surface area (Å²) in [6.45, 7) is 0. The summed E-state index contributed by atoms with van der Waals surface area (Å²) in [5.41, 5.74) is 0.441. The Balaban J connectivity index is 3.60. The van der Waals surface area contributed by atoms with Crippen molar-refractivity contribution in [1.82, 2.24) is 0 Å². The zero-order valence-electron chi connectivity index (χ0n) is 8.05.